The van der Waals surface area contributed by atoms with E-state index >= 15 is 0 Å². The summed E-state index contributed by atoms with van der Waals surface area (Å²) in [6, 6.07) is 7.99. The van der Waals surface area contributed by atoms with Crippen molar-refractivity contribution in [1.82, 2.24) is 9.88 Å². The van der Waals surface area contributed by atoms with E-state index in [0.29, 0.717) is 12.0 Å². The van der Waals surface area contributed by atoms with Crippen molar-refractivity contribution in [2.24, 2.45) is 5.41 Å². The van der Waals surface area contributed by atoms with Crippen molar-refractivity contribution in [2.45, 2.75) is 26.7 Å². The van der Waals surface area contributed by atoms with Gasteiger partial charge in [0.05, 0.1) is 6.54 Å². The Kier molecular flexibility index (Phi) is 3.38. The molecule has 2 aromatic rings. The topological polar surface area (TPSA) is 36.1 Å². The molecule has 0 spiro atoms. The second-order valence-corrected chi connectivity index (χ2v) is 6.65. The highest BCUT2D eigenvalue weighted by atomic mass is 16.1. The molecule has 0 bridgehead atoms. The van der Waals surface area contributed by atoms with Gasteiger partial charge in [-0.1, -0.05) is 32.0 Å². The van der Waals surface area contributed by atoms with E-state index in [1.165, 1.54) is 12.8 Å². The number of piperidine rings is 1. The number of hydrogen-bond acceptors (Lipinski definition) is 2. The molecule has 1 saturated heterocycles. The summed E-state index contributed by atoms with van der Waals surface area (Å²) in [5, 5.41) is 1.04. The maximum atomic E-state index is 12.5. The number of fused-ring (bicyclic) bond motifs is 1. The van der Waals surface area contributed by atoms with Gasteiger partial charge in [0, 0.05) is 29.2 Å². The average Bonchev–Trinajstić information content (AvgIpc) is 2.81. The fraction of sp³-hybridized carbons (Fsp3) is 0.471. The zero-order valence-electron chi connectivity index (χ0n) is 12.3. The van der Waals surface area contributed by atoms with E-state index in [-0.39, 0.29) is 5.78 Å². The number of carbonyl (C=O) groups excluding carboxylic acids is 1. The molecule has 0 atom stereocenters. The van der Waals surface area contributed by atoms with Gasteiger partial charge in [0.25, 0.3) is 0 Å². The molecule has 1 aromatic heterocycles. The van der Waals surface area contributed by atoms with E-state index in [0.717, 1.165) is 29.6 Å². The summed E-state index contributed by atoms with van der Waals surface area (Å²) in [5.74, 6) is 0.222. The fourth-order valence-electron chi connectivity index (χ4n) is 3.27. The third kappa shape index (κ3) is 2.63. The third-order valence-electron chi connectivity index (χ3n) is 4.24. The number of likely N-dealkylation sites (tertiary alicyclic amines) is 1. The summed E-state index contributed by atoms with van der Waals surface area (Å²) in [7, 11) is 0. The van der Waals surface area contributed by atoms with Gasteiger partial charge in [-0.2, -0.15) is 0 Å². The van der Waals surface area contributed by atoms with Gasteiger partial charge < -0.3 is 4.98 Å². The smallest absolute Gasteiger partial charge is 0.178 e. The van der Waals surface area contributed by atoms with Gasteiger partial charge in [0.1, 0.15) is 0 Å². The SMILES string of the molecule is CC1(C)CCCN(CC(=O)c2c[nH]c3ccccc23)C1. The minimum atomic E-state index is 0.222. The van der Waals surface area contributed by atoms with Crippen LogP contribution in [0.15, 0.2) is 30.5 Å². The molecule has 3 rings (SSSR count). The Bertz CT molecular complexity index is 627. The van der Waals surface area contributed by atoms with Gasteiger partial charge in [-0.3, -0.25) is 9.69 Å². The Morgan fingerprint density at radius 2 is 2.15 bits per heavy atom. The normalized spacial score (nSPS) is 19.3. The van der Waals surface area contributed by atoms with E-state index in [4.69, 9.17) is 0 Å². The van der Waals surface area contributed by atoms with Crippen LogP contribution in [-0.4, -0.2) is 35.3 Å². The standard InChI is InChI=1S/C17H22N2O/c1-17(2)8-5-9-19(12-17)11-16(20)14-10-18-15-7-4-3-6-13(14)15/h3-4,6-7,10,18H,5,8-9,11-12H2,1-2H3. The average molecular weight is 270 g/mol. The van der Waals surface area contributed by atoms with Gasteiger partial charge in [0.2, 0.25) is 0 Å². The van der Waals surface area contributed by atoms with Crippen molar-refractivity contribution in [3.63, 3.8) is 0 Å². The van der Waals surface area contributed by atoms with Crippen LogP contribution < -0.4 is 0 Å². The molecule has 1 N–H and O–H groups in total. The van der Waals surface area contributed by atoms with Crippen molar-refractivity contribution >= 4 is 16.7 Å². The van der Waals surface area contributed by atoms with Gasteiger partial charge >= 0.3 is 0 Å². The zero-order valence-corrected chi connectivity index (χ0v) is 12.3. The molecule has 1 aliphatic rings. The number of carbonyl (C=O) groups is 1. The molecular weight excluding hydrogens is 248 g/mol. The lowest BCUT2D eigenvalue weighted by Gasteiger charge is -2.37. The van der Waals surface area contributed by atoms with Crippen LogP contribution in [0.4, 0.5) is 0 Å². The maximum absolute atomic E-state index is 12.5. The van der Waals surface area contributed by atoms with Crippen LogP contribution in [0.25, 0.3) is 10.9 Å². The molecule has 0 amide bonds. The van der Waals surface area contributed by atoms with Crippen molar-refractivity contribution in [2.75, 3.05) is 19.6 Å². The number of rotatable bonds is 3. The summed E-state index contributed by atoms with van der Waals surface area (Å²) < 4.78 is 0. The molecule has 20 heavy (non-hydrogen) atoms. The highest BCUT2D eigenvalue weighted by Gasteiger charge is 2.27. The summed E-state index contributed by atoms with van der Waals surface area (Å²) in [5.41, 5.74) is 2.19. The van der Waals surface area contributed by atoms with Crippen molar-refractivity contribution in [1.29, 1.82) is 0 Å². The number of nitrogens with zero attached hydrogens (tertiary/aromatic N) is 1. The molecule has 3 heteroatoms. The number of aromatic nitrogens is 1. The van der Waals surface area contributed by atoms with E-state index in [1.54, 1.807) is 0 Å². The van der Waals surface area contributed by atoms with Crippen LogP contribution in [0, 0.1) is 5.41 Å². The highest BCUT2D eigenvalue weighted by molar-refractivity contribution is 6.08. The first-order valence-corrected chi connectivity index (χ1v) is 7.37. The van der Waals surface area contributed by atoms with Crippen molar-refractivity contribution < 1.29 is 4.79 Å². The second kappa shape index (κ2) is 5.06. The van der Waals surface area contributed by atoms with E-state index in [1.807, 2.05) is 30.5 Å². The Balaban J connectivity index is 1.76. The van der Waals surface area contributed by atoms with Crippen LogP contribution in [0.1, 0.15) is 37.0 Å². The van der Waals surface area contributed by atoms with Gasteiger partial charge in [-0.15, -0.1) is 0 Å². The number of hydrogen-bond donors (Lipinski definition) is 1. The predicted molar refractivity (Wildman–Crippen MR) is 82.1 cm³/mol. The van der Waals surface area contributed by atoms with Gasteiger partial charge in [0.15, 0.2) is 5.78 Å². The molecule has 1 aliphatic heterocycles. The first-order chi connectivity index (χ1) is 9.55. The largest absolute Gasteiger partial charge is 0.360 e. The molecule has 106 valence electrons. The zero-order chi connectivity index (χ0) is 14.2. The van der Waals surface area contributed by atoms with Crippen molar-refractivity contribution in [3.05, 3.63) is 36.0 Å². The molecule has 0 aliphatic carbocycles. The molecule has 1 fully saturated rings. The lowest BCUT2D eigenvalue weighted by atomic mass is 9.84. The maximum Gasteiger partial charge on any atom is 0.178 e. The third-order valence-corrected chi connectivity index (χ3v) is 4.24. The van der Waals surface area contributed by atoms with Gasteiger partial charge in [-0.05, 0) is 30.9 Å². The molecule has 2 heterocycles. The lowest BCUT2D eigenvalue weighted by Crippen LogP contribution is -2.42. The quantitative estimate of drug-likeness (QED) is 0.867. The van der Waals surface area contributed by atoms with Gasteiger partial charge in [-0.25, -0.2) is 0 Å². The van der Waals surface area contributed by atoms with E-state index in [2.05, 4.69) is 23.7 Å². The number of Topliss-reactive ketones (excluding diaryl/α,β-unsaturated/α-hetero) is 1. The summed E-state index contributed by atoms with van der Waals surface area (Å²) in [4.78, 5) is 18.0. The Morgan fingerprint density at radius 1 is 1.35 bits per heavy atom. The Hall–Kier alpha value is -1.61. The van der Waals surface area contributed by atoms with Crippen LogP contribution in [0.5, 0.6) is 0 Å². The first kappa shape index (κ1) is 13.4. The molecule has 0 unspecified atom stereocenters. The summed E-state index contributed by atoms with van der Waals surface area (Å²) in [6.45, 7) is 7.16. The Morgan fingerprint density at radius 3 is 2.95 bits per heavy atom. The molecule has 3 nitrogen and oxygen atoms in total. The first-order valence-electron chi connectivity index (χ1n) is 7.37. The Labute approximate surface area is 120 Å². The predicted octanol–water partition coefficient (Wildman–Crippen LogP) is 3.47. The van der Waals surface area contributed by atoms with E-state index in [9.17, 15) is 4.79 Å². The summed E-state index contributed by atoms with van der Waals surface area (Å²) in [6.07, 6.45) is 4.29. The van der Waals surface area contributed by atoms with Crippen molar-refractivity contribution in [3.8, 4) is 0 Å². The molecular formula is C17H22N2O. The highest BCUT2D eigenvalue weighted by Crippen LogP contribution is 2.28. The van der Waals surface area contributed by atoms with E-state index < -0.39 is 0 Å². The number of aromatic amines is 1. The van der Waals surface area contributed by atoms with Crippen LogP contribution in [0.2, 0.25) is 0 Å². The van der Waals surface area contributed by atoms with Crippen LogP contribution in [0.3, 0.4) is 0 Å². The number of benzene rings is 1. The number of ketones is 1. The molecule has 0 saturated carbocycles. The van der Waals surface area contributed by atoms with Crippen LogP contribution in [-0.2, 0) is 0 Å². The number of H-pyrrole nitrogens is 1. The number of para-hydroxylation sites is 1. The minimum absolute atomic E-state index is 0.222. The summed E-state index contributed by atoms with van der Waals surface area (Å²) >= 11 is 0. The second-order valence-electron chi connectivity index (χ2n) is 6.65. The van der Waals surface area contributed by atoms with Crippen LogP contribution >= 0.6 is 0 Å². The minimum Gasteiger partial charge on any atom is -0.360 e. The molecule has 1 aromatic carbocycles. The molecule has 0 radical (unpaired) electrons. The fourth-order valence-corrected chi connectivity index (χ4v) is 3.27. The lowest BCUT2D eigenvalue weighted by molar-refractivity contribution is 0.0811. The number of nitrogens with one attached hydrogen (secondary N) is 1. The monoisotopic (exact) mass is 270 g/mol.